The van der Waals surface area contributed by atoms with E-state index < -0.39 is 5.97 Å². The normalized spacial score (nSPS) is 25.8. The maximum atomic E-state index is 12.0. The van der Waals surface area contributed by atoms with Gasteiger partial charge in [0.2, 0.25) is 5.91 Å². The molecule has 1 amide bonds. The molecule has 0 bridgehead atoms. The van der Waals surface area contributed by atoms with E-state index in [9.17, 15) is 9.59 Å². The summed E-state index contributed by atoms with van der Waals surface area (Å²) < 4.78 is 0. The van der Waals surface area contributed by atoms with E-state index in [4.69, 9.17) is 5.11 Å². The average Bonchev–Trinajstić information content (AvgIpc) is 2.27. The zero-order valence-corrected chi connectivity index (χ0v) is 12.2. The first-order valence-electron chi connectivity index (χ1n) is 6.48. The molecule has 1 N–H and O–H groups in total. The van der Waals surface area contributed by atoms with Crippen molar-refractivity contribution in [2.45, 2.75) is 27.2 Å². The molecule has 1 aliphatic heterocycles. The molecule has 18 heavy (non-hydrogen) atoms. The third-order valence-corrected chi connectivity index (χ3v) is 4.42. The van der Waals surface area contributed by atoms with Crippen molar-refractivity contribution in [1.29, 1.82) is 0 Å². The smallest absolute Gasteiger partial charge is 0.307 e. The fraction of sp³-hybridized carbons (Fsp3) is 0.846. The van der Waals surface area contributed by atoms with Crippen LogP contribution < -0.4 is 0 Å². The summed E-state index contributed by atoms with van der Waals surface area (Å²) >= 11 is 1.42. The Morgan fingerprint density at radius 2 is 1.89 bits per heavy atom. The summed E-state index contributed by atoms with van der Waals surface area (Å²) in [4.78, 5) is 24.6. The molecular formula is C13H23NO3S. The van der Waals surface area contributed by atoms with E-state index in [-0.39, 0.29) is 11.8 Å². The Labute approximate surface area is 113 Å². The van der Waals surface area contributed by atoms with Crippen LogP contribution in [0.25, 0.3) is 0 Å². The fourth-order valence-electron chi connectivity index (χ4n) is 2.35. The lowest BCUT2D eigenvalue weighted by molar-refractivity contribution is -0.140. The molecule has 0 spiro atoms. The van der Waals surface area contributed by atoms with E-state index in [1.807, 2.05) is 4.90 Å². The average molecular weight is 273 g/mol. The summed E-state index contributed by atoms with van der Waals surface area (Å²) in [5, 5.41) is 8.76. The summed E-state index contributed by atoms with van der Waals surface area (Å²) in [6.45, 7) is 7.71. The highest BCUT2D eigenvalue weighted by Crippen LogP contribution is 2.21. The lowest BCUT2D eigenvalue weighted by Gasteiger charge is -2.35. The van der Waals surface area contributed by atoms with Crippen LogP contribution in [0.1, 0.15) is 27.2 Å². The van der Waals surface area contributed by atoms with Gasteiger partial charge in [-0.25, -0.2) is 0 Å². The van der Waals surface area contributed by atoms with Gasteiger partial charge in [-0.2, -0.15) is 11.8 Å². The molecule has 3 unspecified atom stereocenters. The molecule has 0 saturated carbocycles. The van der Waals surface area contributed by atoms with Crippen LogP contribution in [0.2, 0.25) is 0 Å². The maximum absolute atomic E-state index is 12.0. The van der Waals surface area contributed by atoms with Gasteiger partial charge in [0, 0.05) is 18.8 Å². The SMILES string of the molecule is CC1CC(C)CN(C(=O)CSCC(C)C(=O)O)C1. The number of thioether (sulfide) groups is 1. The van der Waals surface area contributed by atoms with Gasteiger partial charge in [0.15, 0.2) is 0 Å². The van der Waals surface area contributed by atoms with Crippen LogP contribution in [0.5, 0.6) is 0 Å². The fourth-order valence-corrected chi connectivity index (χ4v) is 3.32. The Balaban J connectivity index is 2.30. The first-order valence-corrected chi connectivity index (χ1v) is 7.64. The second-order valence-electron chi connectivity index (χ2n) is 5.50. The van der Waals surface area contributed by atoms with Crippen molar-refractivity contribution in [3.05, 3.63) is 0 Å². The van der Waals surface area contributed by atoms with Gasteiger partial charge in [-0.3, -0.25) is 9.59 Å². The Hall–Kier alpha value is -0.710. The van der Waals surface area contributed by atoms with Crippen LogP contribution in [-0.2, 0) is 9.59 Å². The third kappa shape index (κ3) is 4.88. The number of hydrogen-bond donors (Lipinski definition) is 1. The zero-order chi connectivity index (χ0) is 13.7. The van der Waals surface area contributed by atoms with E-state index in [1.165, 1.54) is 18.2 Å². The molecular weight excluding hydrogens is 250 g/mol. The summed E-state index contributed by atoms with van der Waals surface area (Å²) in [6, 6.07) is 0. The second kappa shape index (κ2) is 7.02. The van der Waals surface area contributed by atoms with E-state index in [1.54, 1.807) is 6.92 Å². The Morgan fingerprint density at radius 1 is 1.33 bits per heavy atom. The van der Waals surface area contributed by atoms with E-state index in [0.717, 1.165) is 13.1 Å². The predicted molar refractivity (Wildman–Crippen MR) is 73.6 cm³/mol. The van der Waals surface area contributed by atoms with Crippen molar-refractivity contribution in [3.8, 4) is 0 Å². The summed E-state index contributed by atoms with van der Waals surface area (Å²) in [5.41, 5.74) is 0. The topological polar surface area (TPSA) is 57.6 Å². The van der Waals surface area contributed by atoms with E-state index >= 15 is 0 Å². The molecule has 104 valence electrons. The Kier molecular flexibility index (Phi) is 5.99. The monoisotopic (exact) mass is 273 g/mol. The molecule has 1 aliphatic rings. The first-order chi connectivity index (χ1) is 8.40. The number of carbonyl (C=O) groups is 2. The van der Waals surface area contributed by atoms with Gasteiger partial charge in [-0.1, -0.05) is 20.8 Å². The third-order valence-electron chi connectivity index (χ3n) is 3.24. The van der Waals surface area contributed by atoms with Gasteiger partial charge in [-0.15, -0.1) is 0 Å². The molecule has 1 heterocycles. The summed E-state index contributed by atoms with van der Waals surface area (Å²) in [7, 11) is 0. The molecule has 1 fully saturated rings. The van der Waals surface area contributed by atoms with Crippen LogP contribution in [0.15, 0.2) is 0 Å². The van der Waals surface area contributed by atoms with Crippen LogP contribution in [0.3, 0.4) is 0 Å². The van der Waals surface area contributed by atoms with Gasteiger partial charge in [0.05, 0.1) is 11.7 Å². The van der Waals surface area contributed by atoms with Crippen molar-refractivity contribution in [3.63, 3.8) is 0 Å². The molecule has 4 nitrogen and oxygen atoms in total. The second-order valence-corrected chi connectivity index (χ2v) is 6.53. The summed E-state index contributed by atoms with van der Waals surface area (Å²) in [5.74, 6) is 1.01. The number of likely N-dealkylation sites (tertiary alicyclic amines) is 1. The molecule has 0 aliphatic carbocycles. The van der Waals surface area contributed by atoms with Crippen molar-refractivity contribution in [2.24, 2.45) is 17.8 Å². The molecule has 1 saturated heterocycles. The standard InChI is InChI=1S/C13H23NO3S/c1-9-4-10(2)6-14(5-9)12(15)8-18-7-11(3)13(16)17/h9-11H,4-8H2,1-3H3,(H,16,17). The lowest BCUT2D eigenvalue weighted by atomic mass is 9.92. The van der Waals surface area contributed by atoms with Crippen LogP contribution in [-0.4, -0.2) is 46.5 Å². The number of piperidine rings is 1. The minimum atomic E-state index is -0.796. The van der Waals surface area contributed by atoms with Crippen molar-refractivity contribution >= 4 is 23.6 Å². The number of carbonyl (C=O) groups excluding carboxylic acids is 1. The molecule has 1 rings (SSSR count). The number of rotatable bonds is 5. The molecule has 0 aromatic heterocycles. The van der Waals surface area contributed by atoms with Gasteiger partial charge in [0.25, 0.3) is 0 Å². The molecule has 0 radical (unpaired) electrons. The van der Waals surface area contributed by atoms with E-state index in [2.05, 4.69) is 13.8 Å². The van der Waals surface area contributed by atoms with Crippen molar-refractivity contribution < 1.29 is 14.7 Å². The minimum Gasteiger partial charge on any atom is -0.481 e. The van der Waals surface area contributed by atoms with Gasteiger partial charge in [-0.05, 0) is 18.3 Å². The highest BCUT2D eigenvalue weighted by molar-refractivity contribution is 7.99. The molecule has 0 aromatic carbocycles. The number of aliphatic carboxylic acids is 1. The Morgan fingerprint density at radius 3 is 2.39 bits per heavy atom. The quantitative estimate of drug-likeness (QED) is 0.831. The molecule has 5 heteroatoms. The molecule has 0 aromatic rings. The first kappa shape index (κ1) is 15.3. The predicted octanol–water partition coefficient (Wildman–Crippen LogP) is 1.94. The van der Waals surface area contributed by atoms with Crippen LogP contribution in [0.4, 0.5) is 0 Å². The van der Waals surface area contributed by atoms with Gasteiger partial charge < -0.3 is 10.0 Å². The number of carboxylic acids is 1. The number of hydrogen-bond acceptors (Lipinski definition) is 3. The highest BCUT2D eigenvalue weighted by Gasteiger charge is 2.25. The lowest BCUT2D eigenvalue weighted by Crippen LogP contribution is -2.43. The van der Waals surface area contributed by atoms with Crippen molar-refractivity contribution in [2.75, 3.05) is 24.6 Å². The molecule has 3 atom stereocenters. The minimum absolute atomic E-state index is 0.149. The maximum Gasteiger partial charge on any atom is 0.307 e. The summed E-state index contributed by atoms with van der Waals surface area (Å²) in [6.07, 6.45) is 1.19. The largest absolute Gasteiger partial charge is 0.481 e. The van der Waals surface area contributed by atoms with Gasteiger partial charge >= 0.3 is 5.97 Å². The van der Waals surface area contributed by atoms with Gasteiger partial charge in [0.1, 0.15) is 0 Å². The Bertz CT molecular complexity index is 299. The highest BCUT2D eigenvalue weighted by atomic mass is 32.2. The zero-order valence-electron chi connectivity index (χ0n) is 11.4. The van der Waals surface area contributed by atoms with Crippen molar-refractivity contribution in [1.82, 2.24) is 4.90 Å². The number of amides is 1. The number of carboxylic acid groups (broad SMARTS) is 1. The number of nitrogens with zero attached hydrogens (tertiary/aromatic N) is 1. The van der Waals surface area contributed by atoms with Crippen LogP contribution in [0, 0.1) is 17.8 Å². The van der Waals surface area contributed by atoms with Crippen LogP contribution >= 0.6 is 11.8 Å². The van der Waals surface area contributed by atoms with E-state index in [0.29, 0.717) is 23.3 Å².